The van der Waals surface area contributed by atoms with Gasteiger partial charge in [0, 0.05) is 6.54 Å². The number of phenols is 1. The van der Waals surface area contributed by atoms with Gasteiger partial charge < -0.3 is 15.2 Å². The van der Waals surface area contributed by atoms with E-state index in [1.165, 1.54) is 7.11 Å². The first-order valence-corrected chi connectivity index (χ1v) is 4.82. The Kier molecular flexibility index (Phi) is 4.47. The van der Waals surface area contributed by atoms with Crippen LogP contribution in [0, 0.1) is 0 Å². The zero-order chi connectivity index (χ0) is 11.1. The molecule has 0 aliphatic carbocycles. The van der Waals surface area contributed by atoms with Gasteiger partial charge in [0.25, 0.3) is 0 Å². The van der Waals surface area contributed by atoms with Crippen molar-refractivity contribution in [1.29, 1.82) is 0 Å². The van der Waals surface area contributed by atoms with Gasteiger partial charge in [-0.2, -0.15) is 0 Å². The van der Waals surface area contributed by atoms with E-state index in [1.54, 1.807) is 12.1 Å². The third kappa shape index (κ3) is 4.35. The van der Waals surface area contributed by atoms with Gasteiger partial charge in [0.05, 0.1) is 7.11 Å². The number of carbonyl (C=O) groups is 1. The molecule has 0 bridgehead atoms. The molecule has 0 fully saturated rings. The third-order valence-electron chi connectivity index (χ3n) is 2.03. The fraction of sp³-hybridized carbons (Fsp3) is 0.364. The monoisotopic (exact) mass is 209 g/mol. The standard InChI is InChI=1S/C11H15NO3/c1-15-11(14)12-8-2-3-9-4-6-10(13)7-5-9/h4-7,13H,2-3,8H2,1H3,(H,12,14). The van der Waals surface area contributed by atoms with Crippen molar-refractivity contribution in [3.8, 4) is 5.75 Å². The summed E-state index contributed by atoms with van der Waals surface area (Å²) in [5.41, 5.74) is 1.14. The van der Waals surface area contributed by atoms with Crippen LogP contribution in [0.5, 0.6) is 5.75 Å². The maximum Gasteiger partial charge on any atom is 0.406 e. The molecule has 1 aromatic carbocycles. The maximum absolute atomic E-state index is 10.7. The number of hydrogen-bond acceptors (Lipinski definition) is 3. The smallest absolute Gasteiger partial charge is 0.406 e. The molecule has 0 atom stereocenters. The van der Waals surface area contributed by atoms with Crippen LogP contribution in [0.1, 0.15) is 12.0 Å². The van der Waals surface area contributed by atoms with Crippen molar-refractivity contribution in [2.24, 2.45) is 0 Å². The van der Waals surface area contributed by atoms with Gasteiger partial charge in [0.1, 0.15) is 5.75 Å². The second-order valence-electron chi connectivity index (χ2n) is 3.19. The van der Waals surface area contributed by atoms with Gasteiger partial charge in [-0.05, 0) is 30.5 Å². The zero-order valence-corrected chi connectivity index (χ0v) is 8.69. The summed E-state index contributed by atoms with van der Waals surface area (Å²) in [6, 6.07) is 7.05. The molecule has 15 heavy (non-hydrogen) atoms. The molecule has 0 spiro atoms. The van der Waals surface area contributed by atoms with E-state index in [0.717, 1.165) is 18.4 Å². The minimum atomic E-state index is -0.402. The molecule has 1 rings (SSSR count). The van der Waals surface area contributed by atoms with E-state index in [9.17, 15) is 4.79 Å². The summed E-state index contributed by atoms with van der Waals surface area (Å²) < 4.78 is 4.44. The number of phenolic OH excluding ortho intramolecular Hbond substituents is 1. The SMILES string of the molecule is COC(=O)NCCCc1ccc(O)cc1. The topological polar surface area (TPSA) is 58.6 Å². The van der Waals surface area contributed by atoms with E-state index in [4.69, 9.17) is 5.11 Å². The molecule has 1 amide bonds. The number of alkyl carbamates (subject to hydrolysis) is 1. The Balaban J connectivity index is 2.20. The molecule has 2 N–H and O–H groups in total. The average Bonchev–Trinajstić information content (AvgIpc) is 2.26. The van der Waals surface area contributed by atoms with E-state index in [2.05, 4.69) is 10.1 Å². The highest BCUT2D eigenvalue weighted by atomic mass is 16.5. The minimum Gasteiger partial charge on any atom is -0.508 e. The van der Waals surface area contributed by atoms with Crippen LogP contribution in [0.25, 0.3) is 0 Å². The first kappa shape index (κ1) is 11.4. The summed E-state index contributed by atoms with van der Waals surface area (Å²) >= 11 is 0. The second-order valence-corrected chi connectivity index (χ2v) is 3.19. The second kappa shape index (κ2) is 5.90. The van der Waals surface area contributed by atoms with Crippen LogP contribution in [0.4, 0.5) is 4.79 Å². The summed E-state index contributed by atoms with van der Waals surface area (Å²) in [7, 11) is 1.34. The molecule has 0 radical (unpaired) electrons. The number of carbonyl (C=O) groups excluding carboxylic acids is 1. The van der Waals surface area contributed by atoms with E-state index >= 15 is 0 Å². The van der Waals surface area contributed by atoms with Gasteiger partial charge in [-0.15, -0.1) is 0 Å². The normalized spacial score (nSPS) is 9.67. The lowest BCUT2D eigenvalue weighted by molar-refractivity contribution is 0.171. The fourth-order valence-corrected chi connectivity index (χ4v) is 1.22. The highest BCUT2D eigenvalue weighted by molar-refractivity contribution is 5.66. The number of nitrogens with one attached hydrogen (secondary N) is 1. The zero-order valence-electron chi connectivity index (χ0n) is 8.69. The van der Waals surface area contributed by atoms with Crippen LogP contribution in [0.3, 0.4) is 0 Å². The van der Waals surface area contributed by atoms with Crippen LogP contribution >= 0.6 is 0 Å². The number of rotatable bonds is 4. The molecule has 0 aliphatic rings. The summed E-state index contributed by atoms with van der Waals surface area (Å²) in [5, 5.41) is 11.7. The number of aryl methyl sites for hydroxylation is 1. The summed E-state index contributed by atoms with van der Waals surface area (Å²) in [4.78, 5) is 10.7. The minimum absolute atomic E-state index is 0.270. The molecule has 1 aromatic rings. The Hall–Kier alpha value is -1.71. The van der Waals surface area contributed by atoms with Crippen LogP contribution < -0.4 is 5.32 Å². The molecule has 0 aliphatic heterocycles. The maximum atomic E-state index is 10.7. The number of methoxy groups -OCH3 is 1. The van der Waals surface area contributed by atoms with E-state index in [-0.39, 0.29) is 5.75 Å². The molecule has 0 saturated heterocycles. The van der Waals surface area contributed by atoms with Gasteiger partial charge >= 0.3 is 6.09 Å². The number of aromatic hydroxyl groups is 1. The Labute approximate surface area is 88.9 Å². The summed E-state index contributed by atoms with van der Waals surface area (Å²) in [6.45, 7) is 0.591. The van der Waals surface area contributed by atoms with Gasteiger partial charge in [0.2, 0.25) is 0 Å². The third-order valence-corrected chi connectivity index (χ3v) is 2.03. The quantitative estimate of drug-likeness (QED) is 0.742. The van der Waals surface area contributed by atoms with Crippen LogP contribution in [-0.2, 0) is 11.2 Å². The number of hydrogen-bond donors (Lipinski definition) is 2. The van der Waals surface area contributed by atoms with Crippen molar-refractivity contribution in [2.45, 2.75) is 12.8 Å². The van der Waals surface area contributed by atoms with Crippen molar-refractivity contribution in [3.63, 3.8) is 0 Å². The Morgan fingerprint density at radius 3 is 2.67 bits per heavy atom. The van der Waals surface area contributed by atoms with Crippen LogP contribution in [0.15, 0.2) is 24.3 Å². The van der Waals surface area contributed by atoms with E-state index in [0.29, 0.717) is 6.54 Å². The highest BCUT2D eigenvalue weighted by Gasteiger charge is 1.97. The largest absolute Gasteiger partial charge is 0.508 e. The van der Waals surface area contributed by atoms with Gasteiger partial charge in [-0.3, -0.25) is 0 Å². The first-order chi connectivity index (χ1) is 7.22. The molecular formula is C11H15NO3. The molecule has 0 unspecified atom stereocenters. The number of ether oxygens (including phenoxy) is 1. The van der Waals surface area contributed by atoms with Crippen LogP contribution in [0.2, 0.25) is 0 Å². The molecular weight excluding hydrogens is 194 g/mol. The van der Waals surface area contributed by atoms with Crippen LogP contribution in [-0.4, -0.2) is 24.9 Å². The first-order valence-electron chi connectivity index (χ1n) is 4.82. The molecule has 82 valence electrons. The predicted molar refractivity (Wildman–Crippen MR) is 56.8 cm³/mol. The lowest BCUT2D eigenvalue weighted by atomic mass is 10.1. The number of amides is 1. The molecule has 0 heterocycles. The fourth-order valence-electron chi connectivity index (χ4n) is 1.22. The molecule has 0 saturated carbocycles. The van der Waals surface area contributed by atoms with Crippen molar-refractivity contribution in [1.82, 2.24) is 5.32 Å². The average molecular weight is 209 g/mol. The van der Waals surface area contributed by atoms with Gasteiger partial charge in [-0.1, -0.05) is 12.1 Å². The van der Waals surface area contributed by atoms with Gasteiger partial charge in [-0.25, -0.2) is 4.79 Å². The van der Waals surface area contributed by atoms with E-state index < -0.39 is 6.09 Å². The molecule has 4 heteroatoms. The molecule has 4 nitrogen and oxygen atoms in total. The lowest BCUT2D eigenvalue weighted by Gasteiger charge is -2.03. The highest BCUT2D eigenvalue weighted by Crippen LogP contribution is 2.10. The number of benzene rings is 1. The Morgan fingerprint density at radius 1 is 1.40 bits per heavy atom. The van der Waals surface area contributed by atoms with E-state index in [1.807, 2.05) is 12.1 Å². The summed E-state index contributed by atoms with van der Waals surface area (Å²) in [5.74, 6) is 0.270. The van der Waals surface area contributed by atoms with Crippen molar-refractivity contribution in [2.75, 3.05) is 13.7 Å². The van der Waals surface area contributed by atoms with Gasteiger partial charge in [0.15, 0.2) is 0 Å². The van der Waals surface area contributed by atoms with Crippen molar-refractivity contribution in [3.05, 3.63) is 29.8 Å². The lowest BCUT2D eigenvalue weighted by Crippen LogP contribution is -2.24. The van der Waals surface area contributed by atoms with Crippen molar-refractivity contribution >= 4 is 6.09 Å². The Morgan fingerprint density at radius 2 is 2.07 bits per heavy atom. The van der Waals surface area contributed by atoms with Crippen molar-refractivity contribution < 1.29 is 14.6 Å². The predicted octanol–water partition coefficient (Wildman–Crippen LogP) is 1.68. The molecule has 0 aromatic heterocycles. The Bertz CT molecular complexity index is 308. The summed E-state index contributed by atoms with van der Waals surface area (Å²) in [6.07, 6.45) is 1.31.